The summed E-state index contributed by atoms with van der Waals surface area (Å²) in [7, 11) is 1.59. The second kappa shape index (κ2) is 10.8. The van der Waals surface area contributed by atoms with Crippen molar-refractivity contribution >= 4 is 23.5 Å². The largest absolute Gasteiger partial charge is 0.458 e. The number of nitrogens with one attached hydrogen (secondary N) is 1. The second-order valence-electron chi connectivity index (χ2n) is 9.03. The number of nitrogen functional groups attached to an aromatic ring is 1. The van der Waals surface area contributed by atoms with Crippen LogP contribution in [0.3, 0.4) is 0 Å². The Morgan fingerprint density at radius 1 is 1.14 bits per heavy atom. The lowest BCUT2D eigenvalue weighted by molar-refractivity contribution is 0.0832. The van der Waals surface area contributed by atoms with Crippen LogP contribution in [0, 0.1) is 0 Å². The number of ether oxygens (including phenoxy) is 2. The minimum Gasteiger partial charge on any atom is -0.458 e. The van der Waals surface area contributed by atoms with Crippen LogP contribution in [0.15, 0.2) is 12.1 Å². The topological polar surface area (TPSA) is 171 Å². The third-order valence-electron chi connectivity index (χ3n) is 6.33. The van der Waals surface area contributed by atoms with Gasteiger partial charge >= 0.3 is 6.01 Å². The maximum Gasteiger partial charge on any atom is 0.322 e. The molecule has 0 spiro atoms. The number of piperidine rings is 1. The molecule has 1 saturated heterocycles. The van der Waals surface area contributed by atoms with Gasteiger partial charge in [-0.25, -0.2) is 4.98 Å². The number of pyridine rings is 1. The number of hydrogen-bond acceptors (Lipinski definition) is 10. The van der Waals surface area contributed by atoms with Crippen LogP contribution in [0.2, 0.25) is 0 Å². The number of hydrogen-bond donors (Lipinski definition) is 3. The van der Waals surface area contributed by atoms with Gasteiger partial charge in [0.25, 0.3) is 11.8 Å². The molecule has 3 heterocycles. The van der Waals surface area contributed by atoms with Gasteiger partial charge in [-0.05, 0) is 51.2 Å². The average Bonchev–Trinajstić information content (AvgIpc) is 2.81. The number of nitrogens with zero attached hydrogens (tertiary/aromatic N) is 5. The molecule has 1 saturated carbocycles. The van der Waals surface area contributed by atoms with Gasteiger partial charge in [-0.15, -0.1) is 0 Å². The van der Waals surface area contributed by atoms with E-state index in [2.05, 4.69) is 25.3 Å². The van der Waals surface area contributed by atoms with Gasteiger partial charge in [0, 0.05) is 37.9 Å². The summed E-state index contributed by atoms with van der Waals surface area (Å²) in [5.41, 5.74) is 12.4. The smallest absolute Gasteiger partial charge is 0.322 e. The second-order valence-corrected chi connectivity index (χ2v) is 9.03. The highest BCUT2D eigenvalue weighted by Crippen LogP contribution is 2.30. The summed E-state index contributed by atoms with van der Waals surface area (Å²) in [5, 5.41) is 2.97. The highest BCUT2D eigenvalue weighted by molar-refractivity contribution is 5.95. The van der Waals surface area contributed by atoms with Crippen LogP contribution < -0.4 is 26.4 Å². The third-order valence-corrected chi connectivity index (χ3v) is 6.33. The first kappa shape index (κ1) is 24.6. The Kier molecular flexibility index (Phi) is 7.59. The molecule has 1 aliphatic carbocycles. The molecule has 4 rings (SSSR count). The van der Waals surface area contributed by atoms with Gasteiger partial charge in [0.1, 0.15) is 6.10 Å². The van der Waals surface area contributed by atoms with Crippen LogP contribution in [0.1, 0.15) is 71.7 Å². The maximum absolute atomic E-state index is 12.8. The predicted octanol–water partition coefficient (Wildman–Crippen LogP) is 1.03. The minimum absolute atomic E-state index is 0.0370. The summed E-state index contributed by atoms with van der Waals surface area (Å²) in [6.45, 7) is 3.46. The van der Waals surface area contributed by atoms with Gasteiger partial charge in [0.2, 0.25) is 11.8 Å². The molecular formula is C23H32N8O4. The van der Waals surface area contributed by atoms with Crippen LogP contribution in [-0.2, 0) is 4.74 Å². The summed E-state index contributed by atoms with van der Waals surface area (Å²) in [6, 6.07) is 3.75. The Labute approximate surface area is 203 Å². The summed E-state index contributed by atoms with van der Waals surface area (Å²) >= 11 is 0. The fourth-order valence-electron chi connectivity index (χ4n) is 4.18. The number of anilines is 2. The fraction of sp³-hybridized carbons (Fsp3) is 0.565. The molecule has 2 aromatic heterocycles. The Balaban J connectivity index is 1.50. The van der Waals surface area contributed by atoms with Crippen LogP contribution in [0.4, 0.5) is 11.6 Å². The molecule has 12 nitrogen and oxygen atoms in total. The Hall–Kier alpha value is -3.54. The molecule has 0 radical (unpaired) electrons. The highest BCUT2D eigenvalue weighted by atomic mass is 16.5. The number of carbonyl (C=O) groups excluding carboxylic acids is 2. The molecule has 35 heavy (non-hydrogen) atoms. The van der Waals surface area contributed by atoms with E-state index in [1.54, 1.807) is 13.2 Å². The van der Waals surface area contributed by atoms with Gasteiger partial charge in [-0.2, -0.15) is 15.0 Å². The van der Waals surface area contributed by atoms with E-state index in [9.17, 15) is 9.59 Å². The number of rotatable bonds is 9. The molecular weight excluding hydrogens is 452 g/mol. The first-order valence-corrected chi connectivity index (χ1v) is 11.9. The van der Waals surface area contributed by atoms with Crippen molar-refractivity contribution in [1.29, 1.82) is 0 Å². The van der Waals surface area contributed by atoms with E-state index in [4.69, 9.17) is 20.9 Å². The molecule has 2 aromatic rings. The van der Waals surface area contributed by atoms with Crippen LogP contribution in [0.5, 0.6) is 6.01 Å². The number of primary amides is 1. The highest BCUT2D eigenvalue weighted by Gasteiger charge is 2.27. The van der Waals surface area contributed by atoms with Crippen molar-refractivity contribution in [2.24, 2.45) is 5.73 Å². The van der Waals surface area contributed by atoms with E-state index in [1.807, 2.05) is 17.9 Å². The van der Waals surface area contributed by atoms with E-state index >= 15 is 0 Å². The first-order valence-electron chi connectivity index (χ1n) is 11.9. The van der Waals surface area contributed by atoms with Crippen molar-refractivity contribution in [3.05, 3.63) is 29.3 Å². The lowest BCUT2D eigenvalue weighted by atomic mass is 9.93. The summed E-state index contributed by atoms with van der Waals surface area (Å²) in [6.07, 6.45) is 4.24. The normalized spacial score (nSPS) is 17.5. The lowest BCUT2D eigenvalue weighted by Gasteiger charge is -2.32. The van der Waals surface area contributed by atoms with Gasteiger partial charge < -0.3 is 31.2 Å². The zero-order valence-electron chi connectivity index (χ0n) is 20.1. The first-order chi connectivity index (χ1) is 16.8. The fourth-order valence-corrected chi connectivity index (χ4v) is 4.18. The minimum atomic E-state index is -0.644. The molecule has 0 aromatic carbocycles. The van der Waals surface area contributed by atoms with E-state index < -0.39 is 5.91 Å². The summed E-state index contributed by atoms with van der Waals surface area (Å²) in [5.74, 6) is -0.419. The van der Waals surface area contributed by atoms with Crippen molar-refractivity contribution in [1.82, 2.24) is 25.3 Å². The van der Waals surface area contributed by atoms with E-state index in [0.717, 1.165) is 37.8 Å². The third kappa shape index (κ3) is 5.94. The quantitative estimate of drug-likeness (QED) is 0.467. The van der Waals surface area contributed by atoms with Crippen molar-refractivity contribution < 1.29 is 19.1 Å². The molecule has 1 atom stereocenters. The van der Waals surface area contributed by atoms with Crippen molar-refractivity contribution in [2.75, 3.05) is 37.4 Å². The van der Waals surface area contributed by atoms with E-state index in [0.29, 0.717) is 25.6 Å². The number of nitrogens with two attached hydrogens (primary N) is 2. The molecule has 0 unspecified atom stereocenters. The monoisotopic (exact) mass is 484 g/mol. The molecule has 2 amide bonds. The molecule has 5 N–H and O–H groups in total. The Morgan fingerprint density at radius 3 is 2.51 bits per heavy atom. The molecule has 188 valence electrons. The van der Waals surface area contributed by atoms with Crippen molar-refractivity contribution in [3.63, 3.8) is 0 Å². The summed E-state index contributed by atoms with van der Waals surface area (Å²) < 4.78 is 10.9. The standard InChI is InChI=1S/C23H32N8O4/c1-13(12-34-2)35-23-29-20(21(33)26-15-4-3-5-15)28-22(30-23)31-10-8-14(9-11-31)17-7-6-16(24)18(27-17)19(25)32/h6-7,13-15H,3-5,8-12,24H2,1-2H3,(H2,25,32)(H,26,33)/t13-/m1/s1. The van der Waals surface area contributed by atoms with Crippen molar-refractivity contribution in [2.45, 2.75) is 57.1 Å². The SMILES string of the molecule is COC[C@@H](C)Oc1nc(C(=O)NC2CCC2)nc(N2CCC(c3ccc(N)c(C(N)=O)n3)CC2)n1. The van der Waals surface area contributed by atoms with Gasteiger partial charge in [-0.3, -0.25) is 9.59 Å². The zero-order chi connectivity index (χ0) is 24.9. The lowest BCUT2D eigenvalue weighted by Crippen LogP contribution is -2.41. The van der Waals surface area contributed by atoms with Crippen LogP contribution in [-0.4, -0.2) is 70.7 Å². The van der Waals surface area contributed by atoms with Crippen LogP contribution in [0.25, 0.3) is 0 Å². The molecule has 0 bridgehead atoms. The van der Waals surface area contributed by atoms with Gasteiger partial charge in [0.15, 0.2) is 5.69 Å². The number of carbonyl (C=O) groups is 2. The molecule has 2 fully saturated rings. The average molecular weight is 485 g/mol. The Bertz CT molecular complexity index is 1070. The number of aromatic nitrogens is 4. The maximum atomic E-state index is 12.8. The molecule has 2 aliphatic rings. The summed E-state index contributed by atoms with van der Waals surface area (Å²) in [4.78, 5) is 44.0. The number of amides is 2. The Morgan fingerprint density at radius 2 is 1.89 bits per heavy atom. The van der Waals surface area contributed by atoms with Crippen LogP contribution >= 0.6 is 0 Å². The molecule has 12 heteroatoms. The number of methoxy groups -OCH3 is 1. The predicted molar refractivity (Wildman–Crippen MR) is 128 cm³/mol. The molecule has 1 aliphatic heterocycles. The van der Waals surface area contributed by atoms with E-state index in [-0.39, 0.29) is 47.2 Å². The van der Waals surface area contributed by atoms with Gasteiger partial charge in [-0.1, -0.05) is 0 Å². The van der Waals surface area contributed by atoms with Crippen molar-refractivity contribution in [3.8, 4) is 6.01 Å². The van der Waals surface area contributed by atoms with E-state index in [1.165, 1.54) is 0 Å². The zero-order valence-corrected chi connectivity index (χ0v) is 20.1. The van der Waals surface area contributed by atoms with Gasteiger partial charge in [0.05, 0.1) is 12.3 Å².